The Bertz CT molecular complexity index is 631. The molecular weight excluding hydrogens is 272 g/mol. The maximum absolute atomic E-state index is 13.3. The van der Waals surface area contributed by atoms with E-state index in [0.717, 1.165) is 29.1 Å². The third-order valence-electron chi connectivity index (χ3n) is 3.29. The van der Waals surface area contributed by atoms with E-state index in [-0.39, 0.29) is 0 Å². The fourth-order valence-corrected chi connectivity index (χ4v) is 2.07. The summed E-state index contributed by atoms with van der Waals surface area (Å²) in [6.07, 6.45) is 0. The summed E-state index contributed by atoms with van der Waals surface area (Å²) < 4.78 is 26.3. The smallest absolute Gasteiger partial charge is 0.159 e. The van der Waals surface area contributed by atoms with Crippen LogP contribution in [0.2, 0.25) is 0 Å². The van der Waals surface area contributed by atoms with Gasteiger partial charge in [0.05, 0.1) is 0 Å². The lowest BCUT2D eigenvalue weighted by atomic mass is 10.1. The van der Waals surface area contributed by atoms with Crippen LogP contribution in [-0.2, 0) is 6.54 Å². The van der Waals surface area contributed by atoms with Gasteiger partial charge in [0.1, 0.15) is 0 Å². The van der Waals surface area contributed by atoms with Gasteiger partial charge in [-0.1, -0.05) is 13.8 Å². The van der Waals surface area contributed by atoms with Crippen LogP contribution in [0.1, 0.15) is 30.8 Å². The van der Waals surface area contributed by atoms with Gasteiger partial charge in [0.15, 0.2) is 17.5 Å². The first-order chi connectivity index (χ1) is 9.88. The fourth-order valence-electron chi connectivity index (χ4n) is 2.07. The second-order valence-corrected chi connectivity index (χ2v) is 5.36. The van der Waals surface area contributed by atoms with Gasteiger partial charge in [0, 0.05) is 35.1 Å². The van der Waals surface area contributed by atoms with Crippen molar-refractivity contribution in [3.05, 3.63) is 46.8 Å². The highest BCUT2D eigenvalue weighted by Gasteiger charge is 2.12. The number of hydrogen-bond donors (Lipinski definition) is 1. The predicted molar refractivity (Wildman–Crippen MR) is 78.8 cm³/mol. The molecule has 2 rings (SSSR count). The van der Waals surface area contributed by atoms with E-state index in [1.165, 1.54) is 6.07 Å². The predicted octanol–water partition coefficient (Wildman–Crippen LogP) is 3.54. The van der Waals surface area contributed by atoms with Gasteiger partial charge in [-0.3, -0.25) is 0 Å². The molecule has 0 aliphatic heterocycles. The monoisotopic (exact) mass is 291 g/mol. The Labute approximate surface area is 123 Å². The molecule has 0 atom stereocenters. The third kappa shape index (κ3) is 3.61. The summed E-state index contributed by atoms with van der Waals surface area (Å²) in [5, 5.41) is 3.33. The lowest BCUT2D eigenvalue weighted by Crippen LogP contribution is -2.23. The fraction of sp³-hybridized carbons (Fsp3) is 0.375. The zero-order valence-electron chi connectivity index (χ0n) is 12.7. The Morgan fingerprint density at radius 3 is 2.19 bits per heavy atom. The molecule has 0 unspecified atom stereocenters. The van der Waals surface area contributed by atoms with E-state index in [1.54, 1.807) is 0 Å². The summed E-state index contributed by atoms with van der Waals surface area (Å²) >= 11 is 0. The molecule has 0 saturated carbocycles. The van der Waals surface area contributed by atoms with Crippen LogP contribution in [0.3, 0.4) is 0 Å². The molecule has 0 amide bonds. The third-order valence-corrected chi connectivity index (χ3v) is 3.29. The highest BCUT2D eigenvalue weighted by atomic mass is 19.2. The van der Waals surface area contributed by atoms with Crippen molar-refractivity contribution >= 4 is 0 Å². The van der Waals surface area contributed by atoms with E-state index in [1.807, 2.05) is 13.8 Å². The lowest BCUT2D eigenvalue weighted by molar-refractivity contribution is 0.509. The highest BCUT2D eigenvalue weighted by molar-refractivity contribution is 5.55. The molecule has 0 radical (unpaired) electrons. The summed E-state index contributed by atoms with van der Waals surface area (Å²) in [6, 6.07) is 4.07. The van der Waals surface area contributed by atoms with Crippen LogP contribution in [-0.4, -0.2) is 16.0 Å². The first-order valence-corrected chi connectivity index (χ1v) is 6.91. The number of benzene rings is 1. The molecule has 21 heavy (non-hydrogen) atoms. The second-order valence-electron chi connectivity index (χ2n) is 5.36. The molecule has 2 aromatic rings. The SMILES string of the molecule is Cc1nc(-c2ccc(F)c(F)c2)nc(C)c1CNC(C)C. The molecule has 0 saturated heterocycles. The zero-order valence-corrected chi connectivity index (χ0v) is 12.7. The molecule has 3 nitrogen and oxygen atoms in total. The number of halogens is 2. The average Bonchev–Trinajstić information content (AvgIpc) is 2.40. The Morgan fingerprint density at radius 2 is 1.67 bits per heavy atom. The topological polar surface area (TPSA) is 37.8 Å². The minimum absolute atomic E-state index is 0.370. The van der Waals surface area contributed by atoms with Crippen LogP contribution >= 0.6 is 0 Å². The molecule has 1 heterocycles. The lowest BCUT2D eigenvalue weighted by Gasteiger charge is -2.13. The van der Waals surface area contributed by atoms with Gasteiger partial charge < -0.3 is 5.32 Å². The number of nitrogens with one attached hydrogen (secondary N) is 1. The van der Waals surface area contributed by atoms with Crippen molar-refractivity contribution in [2.24, 2.45) is 0 Å². The quantitative estimate of drug-likeness (QED) is 0.936. The minimum Gasteiger partial charge on any atom is -0.310 e. The van der Waals surface area contributed by atoms with E-state index >= 15 is 0 Å². The number of aryl methyl sites for hydroxylation is 2. The Kier molecular flexibility index (Phi) is 4.63. The van der Waals surface area contributed by atoms with Crippen LogP contribution in [0.15, 0.2) is 18.2 Å². The maximum atomic E-state index is 13.3. The molecule has 0 aliphatic carbocycles. The van der Waals surface area contributed by atoms with Crippen LogP contribution in [0.4, 0.5) is 8.78 Å². The van der Waals surface area contributed by atoms with Gasteiger partial charge in [0.25, 0.3) is 0 Å². The summed E-state index contributed by atoms with van der Waals surface area (Å²) in [4.78, 5) is 8.83. The largest absolute Gasteiger partial charge is 0.310 e. The van der Waals surface area contributed by atoms with Crippen molar-refractivity contribution < 1.29 is 8.78 Å². The van der Waals surface area contributed by atoms with E-state index in [0.29, 0.717) is 24.0 Å². The van der Waals surface area contributed by atoms with Crippen molar-refractivity contribution in [1.82, 2.24) is 15.3 Å². The van der Waals surface area contributed by atoms with Crippen LogP contribution < -0.4 is 5.32 Å². The van der Waals surface area contributed by atoms with Crippen LogP contribution in [0, 0.1) is 25.5 Å². The van der Waals surface area contributed by atoms with E-state index < -0.39 is 11.6 Å². The summed E-state index contributed by atoms with van der Waals surface area (Å²) in [5.41, 5.74) is 3.20. The maximum Gasteiger partial charge on any atom is 0.159 e. The highest BCUT2D eigenvalue weighted by Crippen LogP contribution is 2.21. The molecule has 112 valence electrons. The van der Waals surface area contributed by atoms with Crippen molar-refractivity contribution in [1.29, 1.82) is 0 Å². The van der Waals surface area contributed by atoms with Gasteiger partial charge >= 0.3 is 0 Å². The van der Waals surface area contributed by atoms with Crippen LogP contribution in [0.25, 0.3) is 11.4 Å². The molecule has 0 spiro atoms. The molecule has 0 aliphatic rings. The molecule has 1 aromatic carbocycles. The Balaban J connectivity index is 2.36. The Hall–Kier alpha value is -1.88. The van der Waals surface area contributed by atoms with Crippen molar-refractivity contribution in [3.8, 4) is 11.4 Å². The molecule has 5 heteroatoms. The first kappa shape index (κ1) is 15.5. The van der Waals surface area contributed by atoms with Crippen LogP contribution in [0.5, 0.6) is 0 Å². The molecule has 0 bridgehead atoms. The minimum atomic E-state index is -0.892. The summed E-state index contributed by atoms with van der Waals surface area (Å²) in [6.45, 7) is 8.63. The number of aromatic nitrogens is 2. The first-order valence-electron chi connectivity index (χ1n) is 6.91. The summed E-state index contributed by atoms with van der Waals surface area (Å²) in [7, 11) is 0. The van der Waals surface area contributed by atoms with E-state index in [4.69, 9.17) is 0 Å². The van der Waals surface area contributed by atoms with Crippen molar-refractivity contribution in [3.63, 3.8) is 0 Å². The van der Waals surface area contributed by atoms with E-state index in [9.17, 15) is 8.78 Å². The molecule has 0 fully saturated rings. The standard InChI is InChI=1S/C16H19F2N3/c1-9(2)19-8-13-10(3)20-16(21-11(13)4)12-5-6-14(17)15(18)7-12/h5-7,9,19H,8H2,1-4H3. The van der Waals surface area contributed by atoms with Crippen molar-refractivity contribution in [2.45, 2.75) is 40.3 Å². The summed E-state index contributed by atoms with van der Waals surface area (Å²) in [5.74, 6) is -1.35. The van der Waals surface area contributed by atoms with Gasteiger partial charge in [-0.05, 0) is 32.0 Å². The van der Waals surface area contributed by atoms with Gasteiger partial charge in [-0.25, -0.2) is 18.7 Å². The van der Waals surface area contributed by atoms with E-state index in [2.05, 4.69) is 29.1 Å². The van der Waals surface area contributed by atoms with Gasteiger partial charge in [-0.15, -0.1) is 0 Å². The van der Waals surface area contributed by atoms with Gasteiger partial charge in [0.2, 0.25) is 0 Å². The zero-order chi connectivity index (χ0) is 15.6. The molecule has 1 aromatic heterocycles. The molecule has 1 N–H and O–H groups in total. The number of rotatable bonds is 4. The number of hydrogen-bond acceptors (Lipinski definition) is 3. The number of nitrogens with zero attached hydrogens (tertiary/aromatic N) is 2. The van der Waals surface area contributed by atoms with Crippen molar-refractivity contribution in [2.75, 3.05) is 0 Å². The second kappa shape index (κ2) is 6.26. The normalized spacial score (nSPS) is 11.2. The Morgan fingerprint density at radius 1 is 1.05 bits per heavy atom. The van der Waals surface area contributed by atoms with Gasteiger partial charge in [-0.2, -0.15) is 0 Å². The molecular formula is C16H19F2N3. The average molecular weight is 291 g/mol.